The number of ether oxygens (including phenoxy) is 2. The molecule has 2 aromatic rings. The molecule has 2 aromatic carbocycles. The molecule has 0 fully saturated rings. The monoisotopic (exact) mass is 412 g/mol. The second-order valence-electron chi connectivity index (χ2n) is 5.32. The summed E-state index contributed by atoms with van der Waals surface area (Å²) >= 11 is 6.02. The summed E-state index contributed by atoms with van der Waals surface area (Å²) in [6.45, 7) is 1.03. The van der Waals surface area contributed by atoms with Gasteiger partial charge in [0.2, 0.25) is 5.91 Å². The summed E-state index contributed by atoms with van der Waals surface area (Å²) in [6, 6.07) is 10.0. The highest BCUT2D eigenvalue weighted by Crippen LogP contribution is 2.28. The van der Waals surface area contributed by atoms with E-state index in [2.05, 4.69) is 14.8 Å². The van der Waals surface area contributed by atoms with Crippen LogP contribution in [0.3, 0.4) is 0 Å². The minimum atomic E-state index is -3.89. The van der Waals surface area contributed by atoms with Crippen LogP contribution >= 0.6 is 11.6 Å². The van der Waals surface area contributed by atoms with E-state index in [0.29, 0.717) is 11.4 Å². The average Bonchev–Trinajstić information content (AvgIpc) is 2.61. The zero-order valence-corrected chi connectivity index (χ0v) is 16.1. The van der Waals surface area contributed by atoms with Crippen molar-refractivity contribution in [2.75, 3.05) is 23.8 Å². The van der Waals surface area contributed by atoms with Crippen LogP contribution < -0.4 is 14.8 Å². The molecule has 0 aliphatic carbocycles. The molecule has 0 unspecified atom stereocenters. The smallest absolute Gasteiger partial charge is 0.343 e. The molecule has 2 rings (SSSR count). The number of methoxy groups -OCH3 is 1. The van der Waals surface area contributed by atoms with Crippen LogP contribution in [0.2, 0.25) is 5.02 Å². The third-order valence-corrected chi connectivity index (χ3v) is 4.92. The lowest BCUT2D eigenvalue weighted by Gasteiger charge is -2.11. The van der Waals surface area contributed by atoms with Crippen molar-refractivity contribution in [1.82, 2.24) is 0 Å². The number of carbonyl (C=O) groups is 2. The molecule has 0 bridgehead atoms. The molecule has 0 heterocycles. The van der Waals surface area contributed by atoms with Gasteiger partial charge in [-0.25, -0.2) is 13.2 Å². The molecule has 0 radical (unpaired) electrons. The molecule has 2 N–H and O–H groups in total. The molecule has 0 atom stereocenters. The van der Waals surface area contributed by atoms with E-state index < -0.39 is 16.0 Å². The molecule has 0 saturated carbocycles. The molecule has 0 aromatic heterocycles. The molecular weight excluding hydrogens is 396 g/mol. The predicted molar refractivity (Wildman–Crippen MR) is 101 cm³/mol. The number of rotatable bonds is 7. The summed E-state index contributed by atoms with van der Waals surface area (Å²) in [5.41, 5.74) is 0.854. The number of nitrogens with one attached hydrogen (secondary N) is 2. The van der Waals surface area contributed by atoms with E-state index in [0.717, 1.165) is 0 Å². The van der Waals surface area contributed by atoms with E-state index in [9.17, 15) is 18.0 Å². The summed E-state index contributed by atoms with van der Waals surface area (Å²) in [5, 5.41) is 2.61. The van der Waals surface area contributed by atoms with Crippen LogP contribution in [-0.2, 0) is 24.3 Å². The molecule has 27 heavy (non-hydrogen) atoms. The van der Waals surface area contributed by atoms with Crippen molar-refractivity contribution in [2.24, 2.45) is 0 Å². The molecule has 144 valence electrons. The van der Waals surface area contributed by atoms with Crippen molar-refractivity contribution in [3.63, 3.8) is 0 Å². The highest BCUT2D eigenvalue weighted by atomic mass is 35.5. The van der Waals surface area contributed by atoms with Crippen LogP contribution in [0.1, 0.15) is 6.92 Å². The highest BCUT2D eigenvalue weighted by Gasteiger charge is 2.17. The van der Waals surface area contributed by atoms with Crippen LogP contribution in [0.25, 0.3) is 0 Å². The highest BCUT2D eigenvalue weighted by molar-refractivity contribution is 7.92. The van der Waals surface area contributed by atoms with Crippen LogP contribution in [0, 0.1) is 0 Å². The maximum Gasteiger partial charge on any atom is 0.343 e. The van der Waals surface area contributed by atoms with Gasteiger partial charge in [0.15, 0.2) is 6.61 Å². The Morgan fingerprint density at radius 1 is 1.07 bits per heavy atom. The number of anilines is 2. The van der Waals surface area contributed by atoms with Crippen molar-refractivity contribution in [3.05, 3.63) is 47.5 Å². The van der Waals surface area contributed by atoms with E-state index >= 15 is 0 Å². The Morgan fingerprint density at radius 2 is 1.70 bits per heavy atom. The first-order valence-electron chi connectivity index (χ1n) is 7.61. The van der Waals surface area contributed by atoms with Crippen molar-refractivity contribution in [1.29, 1.82) is 0 Å². The van der Waals surface area contributed by atoms with Gasteiger partial charge in [0, 0.05) is 18.3 Å². The van der Waals surface area contributed by atoms with E-state index in [1.165, 1.54) is 44.4 Å². The maximum absolute atomic E-state index is 12.5. The average molecular weight is 413 g/mol. The summed E-state index contributed by atoms with van der Waals surface area (Å²) in [6.07, 6.45) is 0. The standard InChI is InChI=1S/C17H17ClN2O6S/c1-11(21)19-12-3-5-13(6-4-12)20-27(23,24)14-7-8-16(15(18)9-14)26-10-17(22)25-2/h3-9,20H,10H2,1-2H3,(H,19,21). The summed E-state index contributed by atoms with van der Waals surface area (Å²) < 4.78 is 37.0. The van der Waals surface area contributed by atoms with Gasteiger partial charge in [-0.1, -0.05) is 11.6 Å². The molecule has 0 saturated heterocycles. The predicted octanol–water partition coefficient (Wildman–Crippen LogP) is 2.65. The Bertz CT molecular complexity index is 944. The number of hydrogen-bond donors (Lipinski definition) is 2. The number of hydrogen-bond acceptors (Lipinski definition) is 6. The molecule has 0 spiro atoms. The van der Waals surface area contributed by atoms with Crippen LogP contribution in [0.4, 0.5) is 11.4 Å². The Hall–Kier alpha value is -2.78. The van der Waals surface area contributed by atoms with Gasteiger partial charge >= 0.3 is 5.97 Å². The maximum atomic E-state index is 12.5. The number of esters is 1. The first kappa shape index (κ1) is 20.5. The van der Waals surface area contributed by atoms with Crippen molar-refractivity contribution < 1.29 is 27.5 Å². The molecule has 10 heteroatoms. The summed E-state index contributed by atoms with van der Waals surface area (Å²) in [4.78, 5) is 22.0. The van der Waals surface area contributed by atoms with Crippen LogP contribution in [-0.4, -0.2) is 34.0 Å². The minimum Gasteiger partial charge on any atom is -0.480 e. The third-order valence-electron chi connectivity index (χ3n) is 3.24. The number of sulfonamides is 1. The van der Waals surface area contributed by atoms with Gasteiger partial charge in [-0.3, -0.25) is 9.52 Å². The topological polar surface area (TPSA) is 111 Å². The first-order chi connectivity index (χ1) is 12.7. The van der Waals surface area contributed by atoms with Crippen molar-refractivity contribution in [2.45, 2.75) is 11.8 Å². The zero-order chi connectivity index (χ0) is 20.0. The first-order valence-corrected chi connectivity index (χ1v) is 9.47. The third kappa shape index (κ3) is 5.87. The number of amides is 1. The SMILES string of the molecule is COC(=O)COc1ccc(S(=O)(=O)Nc2ccc(NC(C)=O)cc2)cc1Cl. The minimum absolute atomic E-state index is 0.0304. The van der Waals surface area contributed by atoms with Crippen LogP contribution in [0.5, 0.6) is 5.75 Å². The van der Waals surface area contributed by atoms with Gasteiger partial charge in [0.05, 0.1) is 17.0 Å². The molecule has 0 aliphatic heterocycles. The van der Waals surface area contributed by atoms with Gasteiger partial charge in [-0.15, -0.1) is 0 Å². The Balaban J connectivity index is 2.13. The van der Waals surface area contributed by atoms with E-state index in [1.807, 2.05) is 0 Å². The second kappa shape index (κ2) is 8.74. The van der Waals surface area contributed by atoms with Gasteiger partial charge in [-0.05, 0) is 42.5 Å². The largest absolute Gasteiger partial charge is 0.480 e. The molecule has 1 amide bonds. The number of halogens is 1. The lowest BCUT2D eigenvalue weighted by molar-refractivity contribution is -0.142. The normalized spacial score (nSPS) is 10.8. The zero-order valence-electron chi connectivity index (χ0n) is 14.5. The van der Waals surface area contributed by atoms with E-state index in [1.54, 1.807) is 12.1 Å². The molecular formula is C17H17ClN2O6S. The van der Waals surface area contributed by atoms with Crippen molar-refractivity contribution in [3.8, 4) is 5.75 Å². The number of carbonyl (C=O) groups excluding carboxylic acids is 2. The second-order valence-corrected chi connectivity index (χ2v) is 7.41. The van der Waals surface area contributed by atoms with Crippen molar-refractivity contribution >= 4 is 44.9 Å². The van der Waals surface area contributed by atoms with Gasteiger partial charge in [0.1, 0.15) is 5.75 Å². The van der Waals surface area contributed by atoms with Crippen LogP contribution in [0.15, 0.2) is 47.4 Å². The van der Waals surface area contributed by atoms with E-state index in [4.69, 9.17) is 16.3 Å². The fourth-order valence-corrected chi connectivity index (χ4v) is 3.38. The summed E-state index contributed by atoms with van der Waals surface area (Å²) in [7, 11) is -2.67. The molecule has 8 nitrogen and oxygen atoms in total. The Morgan fingerprint density at radius 3 is 2.26 bits per heavy atom. The Kier molecular flexibility index (Phi) is 6.65. The number of benzene rings is 2. The van der Waals surface area contributed by atoms with Gasteiger partial charge in [0.25, 0.3) is 10.0 Å². The van der Waals surface area contributed by atoms with Gasteiger partial charge in [-0.2, -0.15) is 0 Å². The fourth-order valence-electron chi connectivity index (χ4n) is 2.00. The summed E-state index contributed by atoms with van der Waals surface area (Å²) in [5.74, 6) is -0.666. The molecule has 0 aliphatic rings. The lowest BCUT2D eigenvalue weighted by atomic mass is 10.3. The fraction of sp³-hybridized carbons (Fsp3) is 0.176. The van der Waals surface area contributed by atoms with E-state index in [-0.39, 0.29) is 28.2 Å². The van der Waals surface area contributed by atoms with Gasteiger partial charge < -0.3 is 14.8 Å². The Labute approximate surface area is 161 Å². The lowest BCUT2D eigenvalue weighted by Crippen LogP contribution is -2.14. The quantitative estimate of drug-likeness (QED) is 0.676.